The van der Waals surface area contributed by atoms with Crippen molar-refractivity contribution >= 4 is 41.5 Å². The molecule has 0 amide bonds. The first kappa shape index (κ1) is 24.4. The van der Waals surface area contributed by atoms with Crippen LogP contribution in [0.4, 0.5) is 0 Å². The van der Waals surface area contributed by atoms with E-state index < -0.39 is 0 Å². The molecule has 0 aromatic carbocycles. The Kier molecular flexibility index (Phi) is 12.3. The fraction of sp³-hybridized carbons (Fsp3) is 0.700. The molecule has 0 atom stereocenters. The van der Waals surface area contributed by atoms with E-state index in [-0.39, 0.29) is 24.0 Å². The number of rotatable bonds is 10. The van der Waals surface area contributed by atoms with Gasteiger partial charge in [0.05, 0.1) is 0 Å². The third kappa shape index (κ3) is 8.96. The molecule has 2 N–H and O–H groups in total. The molecule has 27 heavy (non-hydrogen) atoms. The first-order chi connectivity index (χ1) is 12.7. The molecule has 1 aromatic heterocycles. The van der Waals surface area contributed by atoms with Crippen molar-refractivity contribution in [2.45, 2.75) is 52.4 Å². The molecule has 1 heterocycles. The summed E-state index contributed by atoms with van der Waals surface area (Å²) in [4.78, 5) is 9.02. The molecule has 0 saturated heterocycles. The number of nitrogens with one attached hydrogen (secondary N) is 2. The Morgan fingerprint density at radius 1 is 1.26 bits per heavy atom. The van der Waals surface area contributed by atoms with Crippen LogP contribution < -0.4 is 10.6 Å². The summed E-state index contributed by atoms with van der Waals surface area (Å²) in [6.07, 6.45) is 8.99. The van der Waals surface area contributed by atoms with E-state index in [1.54, 1.807) is 0 Å². The minimum absolute atomic E-state index is 0. The molecule has 1 saturated carbocycles. The first-order valence-electron chi connectivity index (χ1n) is 9.88. The number of pyridine rings is 1. The second-order valence-corrected chi connectivity index (χ2v) is 7.40. The van der Waals surface area contributed by atoms with Gasteiger partial charge in [0.1, 0.15) is 5.15 Å². The minimum atomic E-state index is 0. The predicted octanol–water partition coefficient (Wildman–Crippen LogP) is 4.44. The normalized spacial score (nSPS) is 16.0. The van der Waals surface area contributed by atoms with Gasteiger partial charge in [-0.25, -0.2) is 4.98 Å². The highest BCUT2D eigenvalue weighted by Gasteiger charge is 2.33. The molecular weight excluding hydrogens is 475 g/mol. The maximum Gasteiger partial charge on any atom is 0.191 e. The second kappa shape index (κ2) is 13.6. The Bertz CT molecular complexity index is 547. The van der Waals surface area contributed by atoms with Crippen LogP contribution in [-0.2, 0) is 11.2 Å². The molecule has 0 radical (unpaired) electrons. The number of ether oxygens (including phenoxy) is 1. The van der Waals surface area contributed by atoms with E-state index in [0.717, 1.165) is 51.6 Å². The lowest BCUT2D eigenvalue weighted by molar-refractivity contribution is 0.107. The lowest BCUT2D eigenvalue weighted by Crippen LogP contribution is -2.39. The van der Waals surface area contributed by atoms with E-state index in [4.69, 9.17) is 21.3 Å². The molecule has 5 nitrogen and oxygen atoms in total. The van der Waals surface area contributed by atoms with Crippen LogP contribution in [0.2, 0.25) is 5.15 Å². The quantitative estimate of drug-likeness (QED) is 0.161. The zero-order valence-electron chi connectivity index (χ0n) is 16.6. The molecule has 7 heteroatoms. The summed E-state index contributed by atoms with van der Waals surface area (Å²) >= 11 is 5.83. The van der Waals surface area contributed by atoms with Crippen molar-refractivity contribution in [1.29, 1.82) is 0 Å². The average molecular weight is 509 g/mol. The summed E-state index contributed by atoms with van der Waals surface area (Å²) < 4.78 is 5.60. The van der Waals surface area contributed by atoms with Crippen LogP contribution >= 0.6 is 35.6 Å². The summed E-state index contributed by atoms with van der Waals surface area (Å²) in [5.41, 5.74) is 1.49. The summed E-state index contributed by atoms with van der Waals surface area (Å²) in [5, 5.41) is 7.33. The maximum atomic E-state index is 5.83. The Labute approximate surface area is 186 Å². The van der Waals surface area contributed by atoms with E-state index in [2.05, 4.69) is 29.5 Å². The van der Waals surface area contributed by atoms with E-state index in [9.17, 15) is 0 Å². The fourth-order valence-electron chi connectivity index (χ4n) is 3.51. The second-order valence-electron chi connectivity index (χ2n) is 7.02. The number of aliphatic imine (C=N–C) groups is 1. The van der Waals surface area contributed by atoms with Gasteiger partial charge in [-0.2, -0.15) is 0 Å². The van der Waals surface area contributed by atoms with Gasteiger partial charge in [0, 0.05) is 39.0 Å². The highest BCUT2D eigenvalue weighted by molar-refractivity contribution is 14.0. The van der Waals surface area contributed by atoms with Gasteiger partial charge in [0.15, 0.2) is 5.96 Å². The molecule has 0 aliphatic heterocycles. The van der Waals surface area contributed by atoms with Gasteiger partial charge in [-0.1, -0.05) is 30.5 Å². The van der Waals surface area contributed by atoms with Crippen LogP contribution in [0.15, 0.2) is 23.3 Å². The van der Waals surface area contributed by atoms with Crippen molar-refractivity contribution < 1.29 is 4.74 Å². The van der Waals surface area contributed by atoms with Crippen molar-refractivity contribution in [2.75, 3.05) is 32.8 Å². The standard InChI is InChI=1S/C20H33ClN4O.HI/c1-3-22-19(23-13-9-17-7-8-18(21)24-15-17)25-16-20(10-5-6-11-20)12-14-26-4-2;/h7-8,15H,3-6,9-14,16H2,1-2H3,(H2,22,23,25);1H. The third-order valence-electron chi connectivity index (χ3n) is 5.06. The Hall–Kier alpha value is -0.600. The van der Waals surface area contributed by atoms with Crippen molar-refractivity contribution in [2.24, 2.45) is 10.4 Å². The molecule has 1 aliphatic rings. The Balaban J connectivity index is 0.00000364. The number of guanidine groups is 1. The first-order valence-corrected chi connectivity index (χ1v) is 10.3. The fourth-order valence-corrected chi connectivity index (χ4v) is 3.63. The molecule has 1 fully saturated rings. The largest absolute Gasteiger partial charge is 0.382 e. The van der Waals surface area contributed by atoms with Gasteiger partial charge >= 0.3 is 0 Å². The van der Waals surface area contributed by atoms with Gasteiger partial charge in [-0.15, -0.1) is 24.0 Å². The van der Waals surface area contributed by atoms with Crippen molar-refractivity contribution in [3.63, 3.8) is 0 Å². The van der Waals surface area contributed by atoms with Gasteiger partial charge in [-0.05, 0) is 56.6 Å². The van der Waals surface area contributed by atoms with E-state index in [1.165, 1.54) is 31.2 Å². The monoisotopic (exact) mass is 508 g/mol. The Morgan fingerprint density at radius 3 is 2.67 bits per heavy atom. The molecule has 154 valence electrons. The van der Waals surface area contributed by atoms with Gasteiger partial charge in [0.2, 0.25) is 0 Å². The number of aromatic nitrogens is 1. The van der Waals surface area contributed by atoms with Crippen LogP contribution in [-0.4, -0.2) is 43.8 Å². The SMILES string of the molecule is CCNC(=NCC1(CCOCC)CCCC1)NCCc1ccc(Cl)nc1.I. The van der Waals surface area contributed by atoms with Crippen LogP contribution in [0, 0.1) is 5.41 Å². The number of hydrogen-bond donors (Lipinski definition) is 2. The molecular formula is C20H34ClIN4O. The highest BCUT2D eigenvalue weighted by Crippen LogP contribution is 2.41. The smallest absolute Gasteiger partial charge is 0.191 e. The van der Waals surface area contributed by atoms with Crippen molar-refractivity contribution in [3.05, 3.63) is 29.0 Å². The molecule has 2 rings (SSSR count). The summed E-state index contributed by atoms with van der Waals surface area (Å²) in [6, 6.07) is 3.85. The summed E-state index contributed by atoms with van der Waals surface area (Å²) in [7, 11) is 0. The lowest BCUT2D eigenvalue weighted by Gasteiger charge is -2.27. The molecule has 0 bridgehead atoms. The summed E-state index contributed by atoms with van der Waals surface area (Å²) in [6.45, 7) is 8.35. The van der Waals surface area contributed by atoms with Gasteiger partial charge in [-0.3, -0.25) is 4.99 Å². The number of hydrogen-bond acceptors (Lipinski definition) is 3. The summed E-state index contributed by atoms with van der Waals surface area (Å²) in [5.74, 6) is 0.900. The predicted molar refractivity (Wildman–Crippen MR) is 124 cm³/mol. The molecule has 0 unspecified atom stereocenters. The van der Waals surface area contributed by atoms with Crippen LogP contribution in [0.3, 0.4) is 0 Å². The molecule has 1 aliphatic carbocycles. The molecule has 1 aromatic rings. The van der Waals surface area contributed by atoms with Crippen LogP contribution in [0.5, 0.6) is 0 Å². The van der Waals surface area contributed by atoms with Crippen LogP contribution in [0.25, 0.3) is 0 Å². The van der Waals surface area contributed by atoms with Gasteiger partial charge in [0.25, 0.3) is 0 Å². The topological polar surface area (TPSA) is 58.5 Å². The van der Waals surface area contributed by atoms with Crippen molar-refractivity contribution in [1.82, 2.24) is 15.6 Å². The third-order valence-corrected chi connectivity index (χ3v) is 5.28. The average Bonchev–Trinajstić information content (AvgIpc) is 3.11. The zero-order chi connectivity index (χ0) is 18.7. The lowest BCUT2D eigenvalue weighted by atomic mass is 9.83. The maximum absolute atomic E-state index is 5.83. The molecule has 0 spiro atoms. The number of nitrogens with zero attached hydrogens (tertiary/aromatic N) is 2. The van der Waals surface area contributed by atoms with Crippen LogP contribution in [0.1, 0.15) is 51.5 Å². The van der Waals surface area contributed by atoms with Gasteiger partial charge < -0.3 is 15.4 Å². The Morgan fingerprint density at radius 2 is 2.04 bits per heavy atom. The van der Waals surface area contributed by atoms with E-state index >= 15 is 0 Å². The van der Waals surface area contributed by atoms with E-state index in [0.29, 0.717) is 10.6 Å². The zero-order valence-corrected chi connectivity index (χ0v) is 19.7. The van der Waals surface area contributed by atoms with E-state index in [1.807, 2.05) is 18.3 Å². The number of halogens is 2. The highest BCUT2D eigenvalue weighted by atomic mass is 127. The minimum Gasteiger partial charge on any atom is -0.382 e. The van der Waals surface area contributed by atoms with Crippen molar-refractivity contribution in [3.8, 4) is 0 Å².